The number of aliphatic imine (C=N–C) groups is 1. The van der Waals surface area contributed by atoms with Crippen molar-refractivity contribution in [2.45, 2.75) is 71.3 Å². The molecule has 0 aromatic carbocycles. The van der Waals surface area contributed by atoms with Gasteiger partial charge < -0.3 is 10.6 Å². The molecule has 2 aliphatic carbocycles. The van der Waals surface area contributed by atoms with Crippen LogP contribution in [0.3, 0.4) is 0 Å². The molecular formula is C17H31N3. The largest absolute Gasteiger partial charge is 0.370 e. The van der Waals surface area contributed by atoms with Crippen LogP contribution in [-0.4, -0.2) is 29.5 Å². The molecule has 0 radical (unpaired) electrons. The molecule has 0 amide bonds. The van der Waals surface area contributed by atoms with Gasteiger partial charge in [-0.15, -0.1) is 0 Å². The standard InChI is InChI=1S/C17H31N3/c1-16(2,3)14-5-4-9-17(10-8-14)12-19-15(18)20(17)11-13-6-7-13/h13-14H,4-12H2,1-3H3,(H2,18,19). The summed E-state index contributed by atoms with van der Waals surface area (Å²) < 4.78 is 0. The molecule has 1 heterocycles. The maximum absolute atomic E-state index is 6.21. The van der Waals surface area contributed by atoms with Crippen molar-refractivity contribution in [1.29, 1.82) is 0 Å². The zero-order valence-electron chi connectivity index (χ0n) is 13.5. The van der Waals surface area contributed by atoms with E-state index in [1.54, 1.807) is 0 Å². The zero-order chi connectivity index (χ0) is 14.4. The fourth-order valence-corrected chi connectivity index (χ4v) is 4.17. The highest BCUT2D eigenvalue weighted by atomic mass is 15.4. The van der Waals surface area contributed by atoms with Gasteiger partial charge in [0.15, 0.2) is 5.96 Å². The lowest BCUT2D eigenvalue weighted by Gasteiger charge is -2.39. The quantitative estimate of drug-likeness (QED) is 0.840. The fourth-order valence-electron chi connectivity index (χ4n) is 4.17. The molecule has 0 aromatic rings. The molecule has 2 unspecified atom stereocenters. The van der Waals surface area contributed by atoms with Gasteiger partial charge in [0.1, 0.15) is 0 Å². The summed E-state index contributed by atoms with van der Waals surface area (Å²) in [4.78, 5) is 7.12. The van der Waals surface area contributed by atoms with Gasteiger partial charge in [0, 0.05) is 6.54 Å². The first-order valence-corrected chi connectivity index (χ1v) is 8.48. The monoisotopic (exact) mass is 277 g/mol. The van der Waals surface area contributed by atoms with Crippen molar-refractivity contribution in [2.75, 3.05) is 13.1 Å². The van der Waals surface area contributed by atoms with Gasteiger partial charge in [0.25, 0.3) is 0 Å². The maximum Gasteiger partial charge on any atom is 0.191 e. The first kappa shape index (κ1) is 14.2. The van der Waals surface area contributed by atoms with E-state index in [1.807, 2.05) is 0 Å². The average Bonchev–Trinajstić information content (AvgIpc) is 3.14. The van der Waals surface area contributed by atoms with Crippen molar-refractivity contribution in [3.8, 4) is 0 Å². The number of nitrogens with zero attached hydrogens (tertiary/aromatic N) is 2. The molecule has 114 valence electrons. The Morgan fingerprint density at radius 2 is 1.95 bits per heavy atom. The fraction of sp³-hybridized carbons (Fsp3) is 0.941. The Balaban J connectivity index is 1.71. The molecule has 2 fully saturated rings. The van der Waals surface area contributed by atoms with Crippen molar-refractivity contribution < 1.29 is 0 Å². The Kier molecular flexibility index (Phi) is 3.50. The minimum absolute atomic E-state index is 0.271. The van der Waals surface area contributed by atoms with Crippen LogP contribution in [0.1, 0.15) is 65.7 Å². The van der Waals surface area contributed by atoms with E-state index in [1.165, 1.54) is 44.9 Å². The van der Waals surface area contributed by atoms with Crippen molar-refractivity contribution in [2.24, 2.45) is 28.0 Å². The number of hydrogen-bond acceptors (Lipinski definition) is 3. The molecule has 3 rings (SSSR count). The second kappa shape index (κ2) is 4.92. The van der Waals surface area contributed by atoms with Crippen LogP contribution in [-0.2, 0) is 0 Å². The summed E-state index contributed by atoms with van der Waals surface area (Å²) in [6, 6.07) is 0. The van der Waals surface area contributed by atoms with Crippen LogP contribution in [0.2, 0.25) is 0 Å². The van der Waals surface area contributed by atoms with Gasteiger partial charge in [-0.25, -0.2) is 0 Å². The van der Waals surface area contributed by atoms with Gasteiger partial charge in [0.05, 0.1) is 12.1 Å². The molecule has 20 heavy (non-hydrogen) atoms. The molecule has 1 aliphatic heterocycles. The summed E-state index contributed by atoms with van der Waals surface area (Å²) in [5.41, 5.74) is 6.92. The molecular weight excluding hydrogens is 246 g/mol. The molecule has 2 atom stereocenters. The second-order valence-electron chi connectivity index (χ2n) is 8.45. The third kappa shape index (κ3) is 2.68. The number of nitrogens with two attached hydrogens (primary N) is 1. The number of rotatable bonds is 2. The molecule has 3 aliphatic rings. The summed E-state index contributed by atoms with van der Waals surface area (Å²) in [5.74, 6) is 2.57. The van der Waals surface area contributed by atoms with Crippen LogP contribution in [0.15, 0.2) is 4.99 Å². The van der Waals surface area contributed by atoms with E-state index in [4.69, 9.17) is 5.73 Å². The molecule has 0 saturated heterocycles. The average molecular weight is 277 g/mol. The summed E-state index contributed by atoms with van der Waals surface area (Å²) in [6.45, 7) is 9.31. The Hall–Kier alpha value is -0.730. The van der Waals surface area contributed by atoms with Gasteiger partial charge in [-0.2, -0.15) is 0 Å². The van der Waals surface area contributed by atoms with E-state index >= 15 is 0 Å². The third-order valence-corrected chi connectivity index (χ3v) is 5.90. The van der Waals surface area contributed by atoms with E-state index in [-0.39, 0.29) is 5.54 Å². The predicted octanol–water partition coefficient (Wildman–Crippen LogP) is 3.39. The van der Waals surface area contributed by atoms with E-state index in [2.05, 4.69) is 30.7 Å². The van der Waals surface area contributed by atoms with Crippen molar-refractivity contribution >= 4 is 5.96 Å². The summed E-state index contributed by atoms with van der Waals surface area (Å²) >= 11 is 0. The molecule has 3 nitrogen and oxygen atoms in total. The van der Waals surface area contributed by atoms with E-state index in [0.717, 1.165) is 30.9 Å². The smallest absolute Gasteiger partial charge is 0.191 e. The lowest BCUT2D eigenvalue weighted by atomic mass is 9.76. The van der Waals surface area contributed by atoms with Crippen molar-refractivity contribution in [3.63, 3.8) is 0 Å². The van der Waals surface area contributed by atoms with Gasteiger partial charge in [-0.1, -0.05) is 27.2 Å². The lowest BCUT2D eigenvalue weighted by molar-refractivity contribution is 0.157. The molecule has 2 N–H and O–H groups in total. The number of guanidine groups is 1. The van der Waals surface area contributed by atoms with Crippen molar-refractivity contribution in [1.82, 2.24) is 4.90 Å². The second-order valence-corrected chi connectivity index (χ2v) is 8.45. The van der Waals surface area contributed by atoms with E-state index < -0.39 is 0 Å². The lowest BCUT2D eigenvalue weighted by Crippen LogP contribution is -2.52. The first-order chi connectivity index (χ1) is 9.41. The van der Waals surface area contributed by atoms with Gasteiger partial charge >= 0.3 is 0 Å². The van der Waals surface area contributed by atoms with Gasteiger partial charge in [0.2, 0.25) is 0 Å². The topological polar surface area (TPSA) is 41.6 Å². The van der Waals surface area contributed by atoms with Crippen LogP contribution in [0.25, 0.3) is 0 Å². The van der Waals surface area contributed by atoms with E-state index in [9.17, 15) is 0 Å². The van der Waals surface area contributed by atoms with Crippen LogP contribution in [0.5, 0.6) is 0 Å². The predicted molar refractivity (Wildman–Crippen MR) is 84.7 cm³/mol. The third-order valence-electron chi connectivity index (χ3n) is 5.90. The highest BCUT2D eigenvalue weighted by Gasteiger charge is 2.45. The van der Waals surface area contributed by atoms with Crippen LogP contribution >= 0.6 is 0 Å². The Labute approximate surface area is 124 Å². The molecule has 1 spiro atoms. The summed E-state index contributed by atoms with van der Waals surface area (Å²) in [5, 5.41) is 0. The highest BCUT2D eigenvalue weighted by molar-refractivity contribution is 5.81. The van der Waals surface area contributed by atoms with Crippen LogP contribution in [0.4, 0.5) is 0 Å². The number of hydrogen-bond donors (Lipinski definition) is 1. The zero-order valence-corrected chi connectivity index (χ0v) is 13.5. The minimum Gasteiger partial charge on any atom is -0.370 e. The summed E-state index contributed by atoms with van der Waals surface area (Å²) in [7, 11) is 0. The minimum atomic E-state index is 0.271. The van der Waals surface area contributed by atoms with Crippen LogP contribution in [0, 0.1) is 17.3 Å². The SMILES string of the molecule is CC(C)(C)C1CCCC2(CC1)CN=C(N)N2CC1CC1. The van der Waals surface area contributed by atoms with Crippen molar-refractivity contribution in [3.05, 3.63) is 0 Å². The molecule has 3 heteroatoms. The van der Waals surface area contributed by atoms with Gasteiger partial charge in [-0.05, 0) is 55.8 Å². The molecule has 0 bridgehead atoms. The highest BCUT2D eigenvalue weighted by Crippen LogP contribution is 2.44. The normalized spacial score (nSPS) is 35.2. The Morgan fingerprint density at radius 3 is 2.60 bits per heavy atom. The first-order valence-electron chi connectivity index (χ1n) is 8.48. The maximum atomic E-state index is 6.21. The van der Waals surface area contributed by atoms with Gasteiger partial charge in [-0.3, -0.25) is 4.99 Å². The summed E-state index contributed by atoms with van der Waals surface area (Å²) in [6.07, 6.45) is 9.42. The van der Waals surface area contributed by atoms with Crippen LogP contribution < -0.4 is 5.73 Å². The van der Waals surface area contributed by atoms with E-state index in [0.29, 0.717) is 5.41 Å². The molecule has 2 saturated carbocycles. The molecule has 0 aromatic heterocycles. The Bertz CT molecular complexity index is 392. The Morgan fingerprint density at radius 1 is 1.20 bits per heavy atom.